The highest BCUT2D eigenvalue weighted by molar-refractivity contribution is 7.89. The third kappa shape index (κ3) is 5.32. The Morgan fingerprint density at radius 1 is 0.758 bits per heavy atom. The summed E-state index contributed by atoms with van der Waals surface area (Å²) in [7, 11) is -3.89. The molecule has 3 aromatic carbocycles. The maximum atomic E-state index is 13.5. The molecule has 5 nitrogen and oxygen atoms in total. The molecule has 0 bridgehead atoms. The summed E-state index contributed by atoms with van der Waals surface area (Å²) < 4.78 is 67.9. The molecule has 170 valence electrons. The van der Waals surface area contributed by atoms with Gasteiger partial charge in [0.2, 0.25) is 10.0 Å². The third-order valence-electron chi connectivity index (χ3n) is 5.02. The Labute approximate surface area is 189 Å². The van der Waals surface area contributed by atoms with Crippen LogP contribution in [0.1, 0.15) is 16.8 Å². The average molecular weight is 472 g/mol. The minimum atomic E-state index is -4.55. The van der Waals surface area contributed by atoms with Crippen molar-refractivity contribution >= 4 is 10.0 Å². The first-order valence-corrected chi connectivity index (χ1v) is 11.5. The van der Waals surface area contributed by atoms with Gasteiger partial charge in [-0.3, -0.25) is 0 Å². The molecule has 0 spiro atoms. The van der Waals surface area contributed by atoms with E-state index in [4.69, 9.17) is 0 Å². The van der Waals surface area contributed by atoms with Crippen LogP contribution in [0, 0.1) is 0 Å². The van der Waals surface area contributed by atoms with E-state index in [9.17, 15) is 21.6 Å². The van der Waals surface area contributed by atoms with Gasteiger partial charge in [0.1, 0.15) is 0 Å². The summed E-state index contributed by atoms with van der Waals surface area (Å²) in [6.07, 6.45) is -3.37. The molecular weight excluding hydrogens is 451 g/mol. The van der Waals surface area contributed by atoms with Gasteiger partial charge in [-0.1, -0.05) is 60.7 Å². The van der Waals surface area contributed by atoms with Gasteiger partial charge in [-0.15, -0.1) is 0 Å². The molecule has 0 unspecified atom stereocenters. The van der Waals surface area contributed by atoms with Crippen molar-refractivity contribution < 1.29 is 21.6 Å². The zero-order valence-corrected chi connectivity index (χ0v) is 18.2. The Morgan fingerprint density at radius 2 is 1.27 bits per heavy atom. The van der Waals surface area contributed by atoms with Crippen molar-refractivity contribution in [2.75, 3.05) is 0 Å². The summed E-state index contributed by atoms with van der Waals surface area (Å²) in [5.41, 5.74) is 0.980. The number of alkyl halides is 3. The number of nitrogens with zero attached hydrogens (tertiary/aromatic N) is 3. The van der Waals surface area contributed by atoms with Crippen LogP contribution < -0.4 is 0 Å². The van der Waals surface area contributed by atoms with Gasteiger partial charge in [0, 0.05) is 19.3 Å². The molecule has 0 aliphatic rings. The van der Waals surface area contributed by atoms with E-state index in [0.29, 0.717) is 5.69 Å². The average Bonchev–Trinajstić information content (AvgIpc) is 3.31. The molecule has 0 N–H and O–H groups in total. The maximum Gasteiger partial charge on any atom is 0.435 e. The van der Waals surface area contributed by atoms with Crippen molar-refractivity contribution in [3.05, 3.63) is 114 Å². The summed E-state index contributed by atoms with van der Waals surface area (Å²) in [6, 6.07) is 25.0. The third-order valence-corrected chi connectivity index (χ3v) is 6.83. The molecule has 0 radical (unpaired) electrons. The van der Waals surface area contributed by atoms with Crippen LogP contribution in [0.3, 0.4) is 0 Å². The number of aromatic nitrogens is 2. The fraction of sp³-hybridized carbons (Fsp3) is 0.125. The molecular formula is C24H20F3N3O2S. The second-order valence-electron chi connectivity index (χ2n) is 7.38. The summed E-state index contributed by atoms with van der Waals surface area (Å²) in [5.74, 6) is 0. The van der Waals surface area contributed by atoms with Crippen LogP contribution in [0.5, 0.6) is 0 Å². The topological polar surface area (TPSA) is 55.2 Å². The molecule has 1 heterocycles. The molecule has 0 saturated heterocycles. The molecule has 4 rings (SSSR count). The van der Waals surface area contributed by atoms with Crippen LogP contribution >= 0.6 is 0 Å². The van der Waals surface area contributed by atoms with Gasteiger partial charge in [0.05, 0.1) is 10.6 Å². The highest BCUT2D eigenvalue weighted by Gasteiger charge is 2.33. The lowest BCUT2D eigenvalue weighted by Crippen LogP contribution is -2.30. The lowest BCUT2D eigenvalue weighted by Gasteiger charge is -2.23. The Kier molecular flexibility index (Phi) is 6.35. The van der Waals surface area contributed by atoms with Gasteiger partial charge in [0.25, 0.3) is 0 Å². The molecule has 0 atom stereocenters. The van der Waals surface area contributed by atoms with Gasteiger partial charge >= 0.3 is 6.18 Å². The van der Waals surface area contributed by atoms with E-state index in [-0.39, 0.29) is 18.0 Å². The predicted octanol–water partition coefficient (Wildman–Crippen LogP) is 5.28. The highest BCUT2D eigenvalue weighted by atomic mass is 32.2. The minimum absolute atomic E-state index is 0.0429. The number of hydrogen-bond acceptors (Lipinski definition) is 3. The second kappa shape index (κ2) is 9.21. The van der Waals surface area contributed by atoms with Gasteiger partial charge in [-0.25, -0.2) is 13.1 Å². The fourth-order valence-electron chi connectivity index (χ4n) is 3.34. The van der Waals surface area contributed by atoms with Crippen LogP contribution in [0.4, 0.5) is 13.2 Å². The first kappa shape index (κ1) is 22.8. The first-order chi connectivity index (χ1) is 15.7. The summed E-state index contributed by atoms with van der Waals surface area (Å²) in [4.78, 5) is 0.0429. The molecule has 0 amide bonds. The molecule has 0 aliphatic carbocycles. The van der Waals surface area contributed by atoms with E-state index in [2.05, 4.69) is 5.10 Å². The Hall–Kier alpha value is -3.43. The van der Waals surface area contributed by atoms with E-state index in [1.807, 2.05) is 60.7 Å². The number of benzene rings is 3. The Bertz CT molecular complexity index is 1260. The highest BCUT2D eigenvalue weighted by Crippen LogP contribution is 2.28. The van der Waals surface area contributed by atoms with Crippen molar-refractivity contribution in [1.29, 1.82) is 0 Å². The van der Waals surface area contributed by atoms with Gasteiger partial charge in [-0.2, -0.15) is 22.6 Å². The number of rotatable bonds is 7. The van der Waals surface area contributed by atoms with Crippen molar-refractivity contribution in [3.63, 3.8) is 0 Å². The largest absolute Gasteiger partial charge is 0.435 e. The summed E-state index contributed by atoms with van der Waals surface area (Å²) in [6.45, 7) is 0.349. The zero-order chi connectivity index (χ0) is 23.5. The minimum Gasteiger partial charge on any atom is -0.240 e. The smallest absolute Gasteiger partial charge is 0.240 e. The number of halogens is 3. The van der Waals surface area contributed by atoms with Crippen LogP contribution in [-0.2, 0) is 29.3 Å². The lowest BCUT2D eigenvalue weighted by molar-refractivity contribution is -0.141. The van der Waals surface area contributed by atoms with Gasteiger partial charge in [-0.05, 0) is 41.5 Å². The van der Waals surface area contributed by atoms with Crippen molar-refractivity contribution in [3.8, 4) is 5.69 Å². The van der Waals surface area contributed by atoms with Crippen LogP contribution in [0.2, 0.25) is 0 Å². The molecule has 9 heteroatoms. The van der Waals surface area contributed by atoms with Crippen molar-refractivity contribution in [2.45, 2.75) is 24.2 Å². The number of sulfonamides is 1. The quantitative estimate of drug-likeness (QED) is 0.368. The standard InChI is InChI=1S/C24H20F3N3O2S/c25-24(26,27)23-15-16-30(28-23)21-11-13-22(14-12-21)33(31,32)29(17-19-7-3-1-4-8-19)18-20-9-5-2-6-10-20/h1-16H,17-18H2. The molecule has 1 aromatic heterocycles. The van der Waals surface area contributed by atoms with E-state index in [0.717, 1.165) is 21.9 Å². The van der Waals surface area contributed by atoms with E-state index in [1.165, 1.54) is 34.8 Å². The SMILES string of the molecule is O=S(=O)(c1ccc(-n2ccc(C(F)(F)F)n2)cc1)N(Cc1ccccc1)Cc1ccccc1. The van der Waals surface area contributed by atoms with E-state index >= 15 is 0 Å². The molecule has 0 fully saturated rings. The second-order valence-corrected chi connectivity index (χ2v) is 9.32. The van der Waals surface area contributed by atoms with Crippen LogP contribution in [0.15, 0.2) is 102 Å². The Balaban J connectivity index is 1.63. The zero-order valence-electron chi connectivity index (χ0n) is 17.4. The first-order valence-electron chi connectivity index (χ1n) is 10.0. The normalized spacial score (nSPS) is 12.2. The predicted molar refractivity (Wildman–Crippen MR) is 118 cm³/mol. The Morgan fingerprint density at radius 3 is 1.73 bits per heavy atom. The number of hydrogen-bond donors (Lipinski definition) is 0. The molecule has 33 heavy (non-hydrogen) atoms. The maximum absolute atomic E-state index is 13.5. The van der Waals surface area contributed by atoms with Crippen LogP contribution in [0.25, 0.3) is 5.69 Å². The van der Waals surface area contributed by atoms with Gasteiger partial charge < -0.3 is 0 Å². The van der Waals surface area contributed by atoms with Gasteiger partial charge in [0.15, 0.2) is 5.69 Å². The summed E-state index contributed by atoms with van der Waals surface area (Å²) in [5, 5.41) is 3.52. The summed E-state index contributed by atoms with van der Waals surface area (Å²) >= 11 is 0. The molecule has 0 saturated carbocycles. The van der Waals surface area contributed by atoms with E-state index in [1.54, 1.807) is 0 Å². The molecule has 4 aromatic rings. The fourth-order valence-corrected chi connectivity index (χ4v) is 4.76. The van der Waals surface area contributed by atoms with Crippen molar-refractivity contribution in [2.24, 2.45) is 0 Å². The molecule has 0 aliphatic heterocycles. The lowest BCUT2D eigenvalue weighted by atomic mass is 10.2. The van der Waals surface area contributed by atoms with Crippen LogP contribution in [-0.4, -0.2) is 22.5 Å². The van der Waals surface area contributed by atoms with Crippen molar-refractivity contribution in [1.82, 2.24) is 14.1 Å². The monoisotopic (exact) mass is 471 g/mol. The van der Waals surface area contributed by atoms with E-state index < -0.39 is 21.9 Å².